The average Bonchev–Trinajstić information content (AvgIpc) is 2.10. The summed E-state index contributed by atoms with van der Waals surface area (Å²) < 4.78 is 18.2. The Hall–Kier alpha value is -0.770. The fourth-order valence-electron chi connectivity index (χ4n) is 0.961. The van der Waals surface area contributed by atoms with Crippen LogP contribution in [0.25, 0.3) is 0 Å². The van der Waals surface area contributed by atoms with Crippen molar-refractivity contribution in [2.24, 2.45) is 0 Å². The van der Waals surface area contributed by atoms with E-state index < -0.39 is 0 Å². The van der Waals surface area contributed by atoms with Gasteiger partial charge in [-0.1, -0.05) is 15.9 Å². The molecule has 0 amide bonds. The molecule has 0 radical (unpaired) electrons. The van der Waals surface area contributed by atoms with Gasteiger partial charge in [0.15, 0.2) is 11.6 Å². The van der Waals surface area contributed by atoms with Crippen LogP contribution < -0.4 is 10.1 Å². The van der Waals surface area contributed by atoms with Gasteiger partial charge in [-0.05, 0) is 19.1 Å². The number of anilines is 1. The van der Waals surface area contributed by atoms with Crippen molar-refractivity contribution in [3.05, 3.63) is 24.0 Å². The Kier molecular flexibility index (Phi) is 4.02. The number of halogens is 2. The first-order chi connectivity index (χ1) is 6.27. The minimum absolute atomic E-state index is 0.294. The highest BCUT2D eigenvalue weighted by atomic mass is 79.9. The predicted octanol–water partition coefficient (Wildman–Crippen LogP) is 2.99. The molecule has 0 saturated heterocycles. The molecule has 0 fully saturated rings. The van der Waals surface area contributed by atoms with E-state index in [4.69, 9.17) is 4.74 Å². The summed E-state index contributed by atoms with van der Waals surface area (Å²) in [6.45, 7) is 2.30. The molecule has 72 valence electrons. The van der Waals surface area contributed by atoms with Gasteiger partial charge in [0.2, 0.25) is 0 Å². The first kappa shape index (κ1) is 10.3. The lowest BCUT2D eigenvalue weighted by Crippen LogP contribution is -1.97. The van der Waals surface area contributed by atoms with Crippen molar-refractivity contribution in [1.82, 2.24) is 0 Å². The van der Waals surface area contributed by atoms with E-state index in [1.54, 1.807) is 12.1 Å². The number of hydrogen-bond donors (Lipinski definition) is 1. The third kappa shape index (κ3) is 2.88. The van der Waals surface area contributed by atoms with Crippen LogP contribution in [-0.4, -0.2) is 12.1 Å². The molecule has 0 spiro atoms. The molecule has 0 aromatic heterocycles. The van der Waals surface area contributed by atoms with Crippen LogP contribution in [0.3, 0.4) is 0 Å². The number of ether oxygens (including phenoxy) is 1. The van der Waals surface area contributed by atoms with Crippen molar-refractivity contribution in [1.29, 1.82) is 0 Å². The van der Waals surface area contributed by atoms with E-state index in [-0.39, 0.29) is 5.82 Å². The van der Waals surface area contributed by atoms with Gasteiger partial charge in [0.1, 0.15) is 0 Å². The van der Waals surface area contributed by atoms with Gasteiger partial charge in [0.25, 0.3) is 0 Å². The molecule has 0 aliphatic carbocycles. The Balaban J connectivity index is 2.79. The maximum atomic E-state index is 13.2. The van der Waals surface area contributed by atoms with Crippen LogP contribution in [-0.2, 0) is 0 Å². The van der Waals surface area contributed by atoms with Crippen LogP contribution >= 0.6 is 15.9 Å². The highest BCUT2D eigenvalue weighted by Gasteiger charge is 2.02. The summed E-state index contributed by atoms with van der Waals surface area (Å²) in [6.07, 6.45) is 0. The lowest BCUT2D eigenvalue weighted by Gasteiger charge is -2.06. The summed E-state index contributed by atoms with van der Waals surface area (Å²) in [7, 11) is 0. The molecule has 2 nitrogen and oxygen atoms in total. The second kappa shape index (κ2) is 5.07. The standard InChI is InChI=1S/C9H11BrFNO/c1-2-13-9-4-3-7(12-6-10)5-8(9)11/h3-5,12H,2,6H2,1H3. The van der Waals surface area contributed by atoms with Gasteiger partial charge in [-0.2, -0.15) is 0 Å². The summed E-state index contributed by atoms with van der Waals surface area (Å²) in [5.41, 5.74) is 1.33. The predicted molar refractivity (Wildman–Crippen MR) is 55.0 cm³/mol. The monoisotopic (exact) mass is 247 g/mol. The molecule has 1 N–H and O–H groups in total. The first-order valence-corrected chi connectivity index (χ1v) is 5.12. The van der Waals surface area contributed by atoms with Gasteiger partial charge in [0, 0.05) is 11.8 Å². The maximum Gasteiger partial charge on any atom is 0.167 e. The molecule has 0 atom stereocenters. The SMILES string of the molecule is CCOc1ccc(NCBr)cc1F. The molecule has 0 unspecified atom stereocenters. The first-order valence-electron chi connectivity index (χ1n) is 4.00. The Morgan fingerprint density at radius 3 is 2.85 bits per heavy atom. The molecule has 0 aliphatic heterocycles. The van der Waals surface area contributed by atoms with E-state index >= 15 is 0 Å². The van der Waals surface area contributed by atoms with Gasteiger partial charge < -0.3 is 10.1 Å². The van der Waals surface area contributed by atoms with Crippen LogP contribution in [0.2, 0.25) is 0 Å². The third-order valence-electron chi connectivity index (χ3n) is 1.50. The summed E-state index contributed by atoms with van der Waals surface area (Å²) in [6, 6.07) is 4.80. The van der Waals surface area contributed by atoms with Gasteiger partial charge >= 0.3 is 0 Å². The number of nitrogens with one attached hydrogen (secondary N) is 1. The largest absolute Gasteiger partial charge is 0.491 e. The Morgan fingerprint density at radius 1 is 1.54 bits per heavy atom. The van der Waals surface area contributed by atoms with Gasteiger partial charge in [-0.15, -0.1) is 0 Å². The summed E-state index contributed by atoms with van der Waals surface area (Å²) in [5.74, 6) is -0.0459. The molecule has 0 bridgehead atoms. The molecule has 13 heavy (non-hydrogen) atoms. The van der Waals surface area contributed by atoms with Gasteiger partial charge in [-0.3, -0.25) is 0 Å². The zero-order chi connectivity index (χ0) is 9.68. The van der Waals surface area contributed by atoms with Crippen molar-refractivity contribution >= 4 is 21.6 Å². The van der Waals surface area contributed by atoms with Crippen LogP contribution in [0.5, 0.6) is 5.75 Å². The zero-order valence-corrected chi connectivity index (χ0v) is 8.90. The van der Waals surface area contributed by atoms with Crippen LogP contribution in [0.15, 0.2) is 18.2 Å². The molecule has 4 heteroatoms. The second-order valence-electron chi connectivity index (χ2n) is 2.39. The lowest BCUT2D eigenvalue weighted by molar-refractivity contribution is 0.321. The van der Waals surface area contributed by atoms with E-state index in [1.807, 2.05) is 6.92 Å². The van der Waals surface area contributed by atoms with Crippen LogP contribution in [0.4, 0.5) is 10.1 Å². The van der Waals surface area contributed by atoms with Crippen LogP contribution in [0, 0.1) is 5.82 Å². The minimum atomic E-state index is -0.340. The molecule has 0 aliphatic rings. The zero-order valence-electron chi connectivity index (χ0n) is 7.31. The Morgan fingerprint density at radius 2 is 2.31 bits per heavy atom. The second-order valence-corrected chi connectivity index (χ2v) is 2.95. The lowest BCUT2D eigenvalue weighted by atomic mass is 10.3. The number of hydrogen-bond acceptors (Lipinski definition) is 2. The number of benzene rings is 1. The van der Waals surface area contributed by atoms with Crippen molar-refractivity contribution in [3.8, 4) is 5.75 Å². The molecular weight excluding hydrogens is 237 g/mol. The topological polar surface area (TPSA) is 21.3 Å². The summed E-state index contributed by atoms with van der Waals surface area (Å²) in [4.78, 5) is 0. The van der Waals surface area contributed by atoms with E-state index in [2.05, 4.69) is 21.2 Å². The highest BCUT2D eigenvalue weighted by molar-refractivity contribution is 9.09. The fourth-order valence-corrected chi connectivity index (χ4v) is 1.28. The molecule has 1 aromatic carbocycles. The molecule has 0 saturated carbocycles. The summed E-state index contributed by atoms with van der Waals surface area (Å²) >= 11 is 3.20. The van der Waals surface area contributed by atoms with E-state index in [0.29, 0.717) is 17.8 Å². The maximum absolute atomic E-state index is 13.2. The average molecular weight is 248 g/mol. The van der Waals surface area contributed by atoms with Gasteiger partial charge in [0.05, 0.1) is 12.1 Å². The molecular formula is C9H11BrFNO. The van der Waals surface area contributed by atoms with Crippen LogP contribution in [0.1, 0.15) is 6.92 Å². The number of rotatable bonds is 4. The van der Waals surface area contributed by atoms with E-state index in [9.17, 15) is 4.39 Å². The molecule has 1 rings (SSSR count). The van der Waals surface area contributed by atoms with E-state index in [1.165, 1.54) is 6.07 Å². The smallest absolute Gasteiger partial charge is 0.167 e. The fraction of sp³-hybridized carbons (Fsp3) is 0.333. The quantitative estimate of drug-likeness (QED) is 0.653. The third-order valence-corrected chi connectivity index (χ3v) is 1.78. The van der Waals surface area contributed by atoms with Gasteiger partial charge in [-0.25, -0.2) is 4.39 Å². The Bertz CT molecular complexity index is 280. The molecule has 1 aromatic rings. The molecule has 0 heterocycles. The number of alkyl halides is 1. The Labute approximate surface area is 85.2 Å². The van der Waals surface area contributed by atoms with Crippen molar-refractivity contribution < 1.29 is 9.13 Å². The van der Waals surface area contributed by atoms with Crippen molar-refractivity contribution in [3.63, 3.8) is 0 Å². The van der Waals surface area contributed by atoms with Crippen molar-refractivity contribution in [2.45, 2.75) is 6.92 Å². The van der Waals surface area contributed by atoms with Crippen molar-refractivity contribution in [2.75, 3.05) is 17.4 Å². The van der Waals surface area contributed by atoms with E-state index in [0.717, 1.165) is 5.69 Å². The minimum Gasteiger partial charge on any atom is -0.491 e. The summed E-state index contributed by atoms with van der Waals surface area (Å²) in [5, 5.41) is 2.94. The normalized spacial score (nSPS) is 9.77. The highest BCUT2D eigenvalue weighted by Crippen LogP contribution is 2.20.